The van der Waals surface area contributed by atoms with Crippen LogP contribution in [0, 0.1) is 13.8 Å². The maximum Gasteiger partial charge on any atom is 0.420 e. The molecule has 0 unspecified atom stereocenters. The van der Waals surface area contributed by atoms with Crippen LogP contribution in [0.25, 0.3) is 5.65 Å². The molecule has 2 amide bonds. The van der Waals surface area contributed by atoms with E-state index in [-0.39, 0.29) is 27.8 Å². The first-order valence-electron chi connectivity index (χ1n) is 12.8. The highest BCUT2D eigenvalue weighted by atomic mass is 32.2. The summed E-state index contributed by atoms with van der Waals surface area (Å²) in [5, 5.41) is 7.56. The number of sulfonamides is 1. The summed E-state index contributed by atoms with van der Waals surface area (Å²) in [6.45, 7) is 5.02. The first-order chi connectivity index (χ1) is 19.2. The topological polar surface area (TPSA) is 135 Å². The number of methoxy groups -OCH3 is 1. The molecule has 0 saturated carbocycles. The smallest absolute Gasteiger partial charge is 0.420 e. The zero-order valence-electron chi connectivity index (χ0n) is 22.4. The summed E-state index contributed by atoms with van der Waals surface area (Å²) in [5.74, 6) is 0.411. The van der Waals surface area contributed by atoms with Gasteiger partial charge in [0.1, 0.15) is 11.4 Å². The molecule has 40 heavy (non-hydrogen) atoms. The molecule has 1 fully saturated rings. The number of carbonyl (C=O) groups is 2. The molecule has 2 aromatic heterocycles. The number of anilines is 2. The van der Waals surface area contributed by atoms with Gasteiger partial charge in [0.25, 0.3) is 15.9 Å². The van der Waals surface area contributed by atoms with Gasteiger partial charge in [-0.15, -0.1) is 0 Å². The number of ether oxygens (including phenoxy) is 1. The lowest BCUT2D eigenvalue weighted by Crippen LogP contribution is -2.38. The molecule has 1 aliphatic heterocycles. The quantitative estimate of drug-likeness (QED) is 0.358. The second-order valence-electron chi connectivity index (χ2n) is 9.78. The van der Waals surface area contributed by atoms with Crippen LogP contribution in [0.15, 0.2) is 65.8 Å². The first kappa shape index (κ1) is 27.1. The molecule has 0 aliphatic carbocycles. The van der Waals surface area contributed by atoms with E-state index in [9.17, 15) is 18.0 Å². The molecule has 5 rings (SSSR count). The molecule has 2 aromatic carbocycles. The molecule has 0 atom stereocenters. The summed E-state index contributed by atoms with van der Waals surface area (Å²) in [4.78, 5) is 31.3. The van der Waals surface area contributed by atoms with Crippen molar-refractivity contribution >= 4 is 39.2 Å². The second kappa shape index (κ2) is 11.0. The number of aromatic nitrogens is 3. The summed E-state index contributed by atoms with van der Waals surface area (Å²) >= 11 is 0. The molecular weight excluding hydrogens is 532 g/mol. The number of piperidine rings is 1. The molecule has 4 aromatic rings. The maximum atomic E-state index is 13.9. The van der Waals surface area contributed by atoms with E-state index in [0.29, 0.717) is 19.0 Å². The molecule has 3 heterocycles. The fraction of sp³-hybridized carbons (Fsp3) is 0.286. The fourth-order valence-corrected chi connectivity index (χ4v) is 5.87. The largest absolute Gasteiger partial charge is 0.452 e. The number of hydrogen-bond donors (Lipinski definition) is 2. The number of amides is 2. The molecule has 2 N–H and O–H groups in total. The van der Waals surface area contributed by atoms with Crippen LogP contribution in [-0.2, 0) is 14.8 Å². The molecular formula is C28H30N6O5S. The van der Waals surface area contributed by atoms with Crippen molar-refractivity contribution in [3.8, 4) is 0 Å². The number of nitrogens with one attached hydrogen (secondary N) is 2. The highest BCUT2D eigenvalue weighted by Crippen LogP contribution is 2.31. The number of benzene rings is 2. The SMILES string of the molecule is COC(=O)NS(=O)(=O)c1cnn2c(Nc3cc(C)ccc3C)c(C(=O)N3CCC(c4ccccc4)CC3)cnc12. The summed E-state index contributed by atoms with van der Waals surface area (Å²) in [6, 6.07) is 16.1. The van der Waals surface area contributed by atoms with Crippen molar-refractivity contribution < 1.29 is 22.7 Å². The monoisotopic (exact) mass is 562 g/mol. The Morgan fingerprint density at radius 1 is 1.02 bits per heavy atom. The predicted molar refractivity (Wildman–Crippen MR) is 149 cm³/mol. The Morgan fingerprint density at radius 2 is 1.75 bits per heavy atom. The van der Waals surface area contributed by atoms with Gasteiger partial charge in [-0.3, -0.25) is 4.79 Å². The van der Waals surface area contributed by atoms with Gasteiger partial charge in [-0.05, 0) is 55.4 Å². The van der Waals surface area contributed by atoms with Crippen LogP contribution in [0.5, 0.6) is 0 Å². The number of carbonyl (C=O) groups excluding carboxylic acids is 2. The Bertz CT molecular complexity index is 1680. The van der Waals surface area contributed by atoms with E-state index in [4.69, 9.17) is 0 Å². The predicted octanol–water partition coefficient (Wildman–Crippen LogP) is 4.15. The molecule has 0 radical (unpaired) electrons. The van der Waals surface area contributed by atoms with Gasteiger partial charge < -0.3 is 15.0 Å². The van der Waals surface area contributed by atoms with E-state index in [2.05, 4.69) is 32.3 Å². The Kier molecular flexibility index (Phi) is 7.44. The van der Waals surface area contributed by atoms with Crippen LogP contribution in [-0.4, -0.2) is 60.1 Å². The summed E-state index contributed by atoms with van der Waals surface area (Å²) in [6.07, 6.45) is 2.96. The minimum absolute atomic E-state index is 0.0523. The Labute approximate surface area is 232 Å². The molecule has 208 valence electrons. The van der Waals surface area contributed by atoms with Crippen LogP contribution in [0.4, 0.5) is 16.3 Å². The van der Waals surface area contributed by atoms with Crippen LogP contribution >= 0.6 is 0 Å². The van der Waals surface area contributed by atoms with E-state index in [1.165, 1.54) is 16.3 Å². The minimum Gasteiger partial charge on any atom is -0.452 e. The van der Waals surface area contributed by atoms with Crippen molar-refractivity contribution in [1.82, 2.24) is 24.2 Å². The third-order valence-electron chi connectivity index (χ3n) is 7.12. The van der Waals surface area contributed by atoms with E-state index < -0.39 is 16.1 Å². The van der Waals surface area contributed by atoms with E-state index in [1.807, 2.05) is 55.0 Å². The van der Waals surface area contributed by atoms with Gasteiger partial charge in [0.2, 0.25) is 0 Å². The standard InChI is InChI=1S/C28H30N6O5S/c1-18-9-10-19(2)23(15-18)31-25-22(27(35)33-13-11-21(12-14-33)20-7-5-4-6-8-20)16-29-26-24(17-30-34(25)26)40(37,38)32-28(36)39-3/h4-10,15-17,21,31H,11-14H2,1-3H3,(H,32,36). The van der Waals surface area contributed by atoms with Crippen molar-refractivity contribution in [3.63, 3.8) is 0 Å². The van der Waals surface area contributed by atoms with Gasteiger partial charge in [-0.2, -0.15) is 9.61 Å². The van der Waals surface area contributed by atoms with Crippen molar-refractivity contribution in [2.75, 3.05) is 25.5 Å². The molecule has 11 nitrogen and oxygen atoms in total. The number of nitrogens with zero attached hydrogens (tertiary/aromatic N) is 4. The average molecular weight is 563 g/mol. The molecule has 12 heteroatoms. The Hall–Kier alpha value is -4.45. The highest BCUT2D eigenvalue weighted by molar-refractivity contribution is 7.90. The minimum atomic E-state index is -4.34. The molecule has 0 spiro atoms. The van der Waals surface area contributed by atoms with Crippen molar-refractivity contribution in [3.05, 3.63) is 83.2 Å². The summed E-state index contributed by atoms with van der Waals surface area (Å²) < 4.78 is 33.2. The average Bonchev–Trinajstić information content (AvgIpc) is 3.41. The van der Waals surface area contributed by atoms with Gasteiger partial charge in [0.05, 0.1) is 13.3 Å². The van der Waals surface area contributed by atoms with E-state index in [1.54, 1.807) is 4.90 Å². The number of hydrogen-bond acceptors (Lipinski definition) is 8. The van der Waals surface area contributed by atoms with Crippen molar-refractivity contribution in [1.29, 1.82) is 0 Å². The fourth-order valence-electron chi connectivity index (χ4n) is 4.89. The lowest BCUT2D eigenvalue weighted by molar-refractivity contribution is 0.0713. The normalized spacial score (nSPS) is 14.2. The lowest BCUT2D eigenvalue weighted by atomic mass is 9.89. The van der Waals surface area contributed by atoms with Gasteiger partial charge >= 0.3 is 6.09 Å². The van der Waals surface area contributed by atoms with Crippen LogP contribution < -0.4 is 10.0 Å². The summed E-state index contributed by atoms with van der Waals surface area (Å²) in [5.41, 5.74) is 4.12. The summed E-state index contributed by atoms with van der Waals surface area (Å²) in [7, 11) is -3.28. The van der Waals surface area contributed by atoms with Gasteiger partial charge in [-0.1, -0.05) is 42.5 Å². The zero-order chi connectivity index (χ0) is 28.4. The lowest BCUT2D eigenvalue weighted by Gasteiger charge is -2.32. The first-order valence-corrected chi connectivity index (χ1v) is 14.3. The third kappa shape index (κ3) is 5.34. The molecule has 1 saturated heterocycles. The van der Waals surface area contributed by atoms with Gasteiger partial charge in [0.15, 0.2) is 10.5 Å². The second-order valence-corrected chi connectivity index (χ2v) is 11.4. The molecule has 0 bridgehead atoms. The van der Waals surface area contributed by atoms with Crippen LogP contribution in [0.2, 0.25) is 0 Å². The third-order valence-corrected chi connectivity index (χ3v) is 8.42. The zero-order valence-corrected chi connectivity index (χ0v) is 23.2. The maximum absolute atomic E-state index is 13.9. The number of aryl methyl sites for hydroxylation is 2. The van der Waals surface area contributed by atoms with Crippen LogP contribution in [0.3, 0.4) is 0 Å². The van der Waals surface area contributed by atoms with Crippen LogP contribution in [0.1, 0.15) is 45.8 Å². The Morgan fingerprint density at radius 3 is 2.45 bits per heavy atom. The van der Waals surface area contributed by atoms with Gasteiger partial charge in [0, 0.05) is 25.0 Å². The number of rotatable bonds is 6. The van der Waals surface area contributed by atoms with E-state index in [0.717, 1.165) is 43.0 Å². The van der Waals surface area contributed by atoms with Crippen molar-refractivity contribution in [2.45, 2.75) is 37.5 Å². The van der Waals surface area contributed by atoms with E-state index >= 15 is 0 Å². The van der Waals surface area contributed by atoms with Gasteiger partial charge in [-0.25, -0.2) is 22.9 Å². The van der Waals surface area contributed by atoms with Crippen molar-refractivity contribution in [2.24, 2.45) is 0 Å². The molecule has 1 aliphatic rings. The number of likely N-dealkylation sites (tertiary alicyclic amines) is 1. The highest BCUT2D eigenvalue weighted by Gasteiger charge is 2.30. The number of fused-ring (bicyclic) bond motifs is 1. The Balaban J connectivity index is 1.53.